The van der Waals surface area contributed by atoms with Crippen molar-refractivity contribution in [2.24, 2.45) is 0 Å². The fraction of sp³-hybridized carbons (Fsp3) is 0.353. The summed E-state index contributed by atoms with van der Waals surface area (Å²) in [6.45, 7) is 3.96. The molecular formula is C17H18N2O3S. The van der Waals surface area contributed by atoms with Crippen LogP contribution in [0.1, 0.15) is 17.4 Å². The third-order valence-electron chi connectivity index (χ3n) is 4.40. The Hall–Kier alpha value is -2.05. The second-order valence-electron chi connectivity index (χ2n) is 5.82. The summed E-state index contributed by atoms with van der Waals surface area (Å²) >= 11 is 1.81. The van der Waals surface area contributed by atoms with Gasteiger partial charge in [-0.15, -0.1) is 11.3 Å². The SMILES string of the molecule is CC(C(=O)Nc1ccc2c(c1)OCO2)N1CCc2sccc2C1. The number of anilines is 1. The quantitative estimate of drug-likeness (QED) is 0.940. The van der Waals surface area contributed by atoms with E-state index in [1.807, 2.05) is 30.4 Å². The molecule has 120 valence electrons. The lowest BCUT2D eigenvalue weighted by molar-refractivity contribution is -0.121. The second-order valence-corrected chi connectivity index (χ2v) is 6.82. The lowest BCUT2D eigenvalue weighted by atomic mass is 10.1. The van der Waals surface area contributed by atoms with Crippen molar-refractivity contribution < 1.29 is 14.3 Å². The van der Waals surface area contributed by atoms with E-state index in [1.54, 1.807) is 6.07 Å². The van der Waals surface area contributed by atoms with E-state index in [0.717, 1.165) is 30.9 Å². The molecule has 0 radical (unpaired) electrons. The number of ether oxygens (including phenoxy) is 2. The number of hydrogen-bond acceptors (Lipinski definition) is 5. The Balaban J connectivity index is 1.43. The number of nitrogens with zero attached hydrogens (tertiary/aromatic N) is 1. The van der Waals surface area contributed by atoms with Crippen molar-refractivity contribution in [1.29, 1.82) is 0 Å². The molecule has 2 aromatic rings. The fourth-order valence-electron chi connectivity index (χ4n) is 2.99. The molecule has 3 heterocycles. The number of carbonyl (C=O) groups is 1. The molecule has 0 fully saturated rings. The molecule has 6 heteroatoms. The topological polar surface area (TPSA) is 50.8 Å². The zero-order valence-electron chi connectivity index (χ0n) is 12.9. The van der Waals surface area contributed by atoms with Gasteiger partial charge in [0.25, 0.3) is 0 Å². The van der Waals surface area contributed by atoms with Crippen molar-refractivity contribution in [1.82, 2.24) is 4.90 Å². The van der Waals surface area contributed by atoms with Gasteiger partial charge in [-0.1, -0.05) is 0 Å². The van der Waals surface area contributed by atoms with Crippen molar-refractivity contribution in [2.75, 3.05) is 18.7 Å². The molecule has 1 amide bonds. The highest BCUT2D eigenvalue weighted by molar-refractivity contribution is 7.10. The Morgan fingerprint density at radius 3 is 3.09 bits per heavy atom. The molecule has 1 N–H and O–H groups in total. The molecule has 0 saturated heterocycles. The maximum absolute atomic E-state index is 12.5. The zero-order chi connectivity index (χ0) is 15.8. The van der Waals surface area contributed by atoms with E-state index >= 15 is 0 Å². The number of fused-ring (bicyclic) bond motifs is 2. The van der Waals surface area contributed by atoms with Gasteiger partial charge in [0, 0.05) is 29.7 Å². The predicted octanol–water partition coefficient (Wildman–Crippen LogP) is 2.86. The van der Waals surface area contributed by atoms with Crippen LogP contribution in [0.3, 0.4) is 0 Å². The molecule has 1 atom stereocenters. The van der Waals surface area contributed by atoms with Crippen molar-refractivity contribution in [2.45, 2.75) is 25.9 Å². The Bertz CT molecular complexity index is 743. The minimum Gasteiger partial charge on any atom is -0.454 e. The van der Waals surface area contributed by atoms with E-state index in [9.17, 15) is 4.79 Å². The third kappa shape index (κ3) is 2.80. The van der Waals surface area contributed by atoms with E-state index in [0.29, 0.717) is 5.75 Å². The largest absolute Gasteiger partial charge is 0.454 e. The fourth-order valence-corrected chi connectivity index (χ4v) is 3.88. The molecule has 5 nitrogen and oxygen atoms in total. The van der Waals surface area contributed by atoms with Gasteiger partial charge in [0.1, 0.15) is 0 Å². The third-order valence-corrected chi connectivity index (χ3v) is 5.43. The normalized spacial score (nSPS) is 17.6. The van der Waals surface area contributed by atoms with E-state index in [2.05, 4.69) is 21.7 Å². The van der Waals surface area contributed by atoms with Crippen molar-refractivity contribution >= 4 is 22.9 Å². The first-order valence-electron chi connectivity index (χ1n) is 7.70. The summed E-state index contributed by atoms with van der Waals surface area (Å²) in [5.41, 5.74) is 2.09. The Labute approximate surface area is 138 Å². The van der Waals surface area contributed by atoms with Gasteiger partial charge in [-0.05, 0) is 42.5 Å². The van der Waals surface area contributed by atoms with Crippen LogP contribution in [0.15, 0.2) is 29.6 Å². The number of amides is 1. The average molecular weight is 330 g/mol. The Kier molecular flexibility index (Phi) is 3.71. The van der Waals surface area contributed by atoms with E-state index in [4.69, 9.17) is 9.47 Å². The van der Waals surface area contributed by atoms with Crippen LogP contribution in [-0.4, -0.2) is 30.2 Å². The number of thiophene rings is 1. The molecule has 0 bridgehead atoms. The molecule has 1 aromatic carbocycles. The monoisotopic (exact) mass is 330 g/mol. The van der Waals surface area contributed by atoms with Crippen LogP contribution < -0.4 is 14.8 Å². The van der Waals surface area contributed by atoms with Crippen molar-refractivity contribution in [3.63, 3.8) is 0 Å². The van der Waals surface area contributed by atoms with Crippen LogP contribution in [0.4, 0.5) is 5.69 Å². The average Bonchev–Trinajstić information content (AvgIpc) is 3.21. The summed E-state index contributed by atoms with van der Waals surface area (Å²) in [6.07, 6.45) is 1.02. The van der Waals surface area contributed by atoms with Crippen LogP contribution in [0.25, 0.3) is 0 Å². The number of nitrogens with one attached hydrogen (secondary N) is 1. The van der Waals surface area contributed by atoms with Crippen LogP contribution in [0.2, 0.25) is 0 Å². The highest BCUT2D eigenvalue weighted by Crippen LogP contribution is 2.34. The number of rotatable bonds is 3. The van der Waals surface area contributed by atoms with E-state index in [1.165, 1.54) is 10.4 Å². The first-order chi connectivity index (χ1) is 11.2. The summed E-state index contributed by atoms with van der Waals surface area (Å²) in [7, 11) is 0. The molecule has 2 aliphatic heterocycles. The molecule has 1 aromatic heterocycles. The summed E-state index contributed by atoms with van der Waals surface area (Å²) in [6, 6.07) is 7.45. The molecule has 23 heavy (non-hydrogen) atoms. The van der Waals surface area contributed by atoms with Crippen LogP contribution in [0.5, 0.6) is 11.5 Å². The lowest BCUT2D eigenvalue weighted by Gasteiger charge is -2.31. The number of carbonyl (C=O) groups excluding carboxylic acids is 1. The molecule has 2 aliphatic rings. The van der Waals surface area contributed by atoms with Gasteiger partial charge in [0.05, 0.1) is 6.04 Å². The van der Waals surface area contributed by atoms with Gasteiger partial charge in [-0.3, -0.25) is 9.69 Å². The standard InChI is InChI=1S/C17H18N2O3S/c1-11(19-6-4-16-12(9-19)5-7-23-16)17(20)18-13-2-3-14-15(8-13)22-10-21-14/h2-3,5,7-8,11H,4,6,9-10H2,1H3,(H,18,20). The van der Waals surface area contributed by atoms with Crippen LogP contribution in [0, 0.1) is 0 Å². The lowest BCUT2D eigenvalue weighted by Crippen LogP contribution is -2.44. The second kappa shape index (κ2) is 5.86. The minimum atomic E-state index is -0.173. The predicted molar refractivity (Wildman–Crippen MR) is 89.1 cm³/mol. The Morgan fingerprint density at radius 1 is 1.30 bits per heavy atom. The van der Waals surface area contributed by atoms with Gasteiger partial charge in [-0.2, -0.15) is 0 Å². The van der Waals surface area contributed by atoms with Crippen molar-refractivity contribution in [3.8, 4) is 11.5 Å². The number of hydrogen-bond donors (Lipinski definition) is 1. The Morgan fingerprint density at radius 2 is 2.17 bits per heavy atom. The molecule has 1 unspecified atom stereocenters. The summed E-state index contributed by atoms with van der Waals surface area (Å²) in [4.78, 5) is 16.2. The van der Waals surface area contributed by atoms with Gasteiger partial charge in [-0.25, -0.2) is 0 Å². The van der Waals surface area contributed by atoms with Gasteiger partial charge >= 0.3 is 0 Å². The molecular weight excluding hydrogens is 312 g/mol. The summed E-state index contributed by atoms with van der Waals surface area (Å²) < 4.78 is 10.6. The summed E-state index contributed by atoms with van der Waals surface area (Å²) in [5.74, 6) is 1.40. The summed E-state index contributed by atoms with van der Waals surface area (Å²) in [5, 5.41) is 5.10. The molecule has 0 spiro atoms. The van der Waals surface area contributed by atoms with E-state index < -0.39 is 0 Å². The zero-order valence-corrected chi connectivity index (χ0v) is 13.7. The highest BCUT2D eigenvalue weighted by atomic mass is 32.1. The van der Waals surface area contributed by atoms with E-state index in [-0.39, 0.29) is 18.7 Å². The number of benzene rings is 1. The molecule has 0 aliphatic carbocycles. The maximum Gasteiger partial charge on any atom is 0.241 e. The highest BCUT2D eigenvalue weighted by Gasteiger charge is 2.26. The van der Waals surface area contributed by atoms with Gasteiger partial charge in [0.15, 0.2) is 11.5 Å². The van der Waals surface area contributed by atoms with Gasteiger partial charge in [0.2, 0.25) is 12.7 Å². The van der Waals surface area contributed by atoms with Crippen LogP contribution >= 0.6 is 11.3 Å². The van der Waals surface area contributed by atoms with Crippen molar-refractivity contribution in [3.05, 3.63) is 40.1 Å². The maximum atomic E-state index is 12.5. The molecule has 0 saturated carbocycles. The molecule has 4 rings (SSSR count). The first-order valence-corrected chi connectivity index (χ1v) is 8.58. The first kappa shape index (κ1) is 14.5. The van der Waals surface area contributed by atoms with Gasteiger partial charge < -0.3 is 14.8 Å². The minimum absolute atomic E-state index is 0.00236. The van der Waals surface area contributed by atoms with Crippen LogP contribution in [-0.2, 0) is 17.8 Å². The smallest absolute Gasteiger partial charge is 0.241 e.